The van der Waals surface area contributed by atoms with Gasteiger partial charge in [-0.3, -0.25) is 9.69 Å². The molecular weight excluding hydrogens is 382 g/mol. The Balaban J connectivity index is 2.10. The minimum Gasteiger partial charge on any atom is -0.490 e. The van der Waals surface area contributed by atoms with E-state index in [-0.39, 0.29) is 11.9 Å². The van der Waals surface area contributed by atoms with Gasteiger partial charge in [-0.15, -0.1) is 0 Å². The molecule has 29 heavy (non-hydrogen) atoms. The maximum absolute atomic E-state index is 13.1. The van der Waals surface area contributed by atoms with Crippen molar-refractivity contribution in [3.63, 3.8) is 0 Å². The number of amides is 1. The molecule has 1 amide bonds. The van der Waals surface area contributed by atoms with Gasteiger partial charge in [0, 0.05) is 25.5 Å². The molecule has 0 aromatic heterocycles. The van der Waals surface area contributed by atoms with Gasteiger partial charge in [-0.05, 0) is 49.0 Å². The zero-order valence-electron chi connectivity index (χ0n) is 16.9. The molecule has 0 spiro atoms. The molecule has 0 bridgehead atoms. The van der Waals surface area contributed by atoms with Gasteiger partial charge in [0.1, 0.15) is 12.4 Å². The summed E-state index contributed by atoms with van der Waals surface area (Å²) in [6, 6.07) is 17.1. The summed E-state index contributed by atoms with van der Waals surface area (Å²) in [5.41, 5.74) is 3.27. The number of carbonyl (C=O) groups is 1. The molecule has 0 unspecified atom stereocenters. The average Bonchev–Trinajstić information content (AvgIpc) is 2.72. The Morgan fingerprint density at radius 1 is 1.24 bits per heavy atom. The van der Waals surface area contributed by atoms with Crippen molar-refractivity contribution in [2.24, 2.45) is 0 Å². The number of likely N-dealkylation sites (N-methyl/N-ethyl adjacent to an activating group) is 1. The quantitative estimate of drug-likeness (QED) is 0.578. The van der Waals surface area contributed by atoms with Crippen LogP contribution in [-0.4, -0.2) is 36.6 Å². The van der Waals surface area contributed by atoms with E-state index >= 15 is 0 Å². The van der Waals surface area contributed by atoms with Crippen LogP contribution in [0.1, 0.15) is 18.5 Å². The molecule has 2 aromatic rings. The van der Waals surface area contributed by atoms with Gasteiger partial charge in [0.15, 0.2) is 5.11 Å². The van der Waals surface area contributed by atoms with Gasteiger partial charge < -0.3 is 15.0 Å². The summed E-state index contributed by atoms with van der Waals surface area (Å²) in [6.45, 7) is 6.03. The predicted molar refractivity (Wildman–Crippen MR) is 121 cm³/mol. The Morgan fingerprint density at radius 2 is 1.97 bits per heavy atom. The van der Waals surface area contributed by atoms with Crippen LogP contribution in [0.25, 0.3) is 0 Å². The third-order valence-corrected chi connectivity index (χ3v) is 5.00. The van der Waals surface area contributed by atoms with Crippen molar-refractivity contribution in [3.8, 4) is 5.75 Å². The van der Waals surface area contributed by atoms with Crippen LogP contribution in [-0.2, 0) is 4.79 Å². The minimum absolute atomic E-state index is 0.0687. The second-order valence-electron chi connectivity index (χ2n) is 6.92. The first-order valence-electron chi connectivity index (χ1n) is 9.35. The van der Waals surface area contributed by atoms with Gasteiger partial charge in [-0.2, -0.15) is 0 Å². The lowest BCUT2D eigenvalue weighted by atomic mass is 9.93. The van der Waals surface area contributed by atoms with Gasteiger partial charge in [0.25, 0.3) is 5.91 Å². The van der Waals surface area contributed by atoms with E-state index in [4.69, 9.17) is 17.0 Å². The molecule has 2 aromatic carbocycles. The van der Waals surface area contributed by atoms with Crippen molar-refractivity contribution >= 4 is 28.9 Å². The molecule has 3 rings (SSSR count). The first-order chi connectivity index (χ1) is 13.9. The van der Waals surface area contributed by atoms with Crippen molar-refractivity contribution in [1.82, 2.24) is 10.2 Å². The number of rotatable bonds is 6. The topological polar surface area (TPSA) is 44.8 Å². The normalized spacial score (nSPS) is 16.3. The Bertz CT molecular complexity index is 954. The number of anilines is 1. The number of allylic oxidation sites excluding steroid dienone is 1. The van der Waals surface area contributed by atoms with E-state index in [9.17, 15) is 4.79 Å². The Labute approximate surface area is 177 Å². The number of hydrogen-bond acceptors (Lipinski definition) is 3. The van der Waals surface area contributed by atoms with Crippen LogP contribution >= 0.6 is 12.2 Å². The lowest BCUT2D eigenvalue weighted by molar-refractivity contribution is -0.125. The molecule has 1 atom stereocenters. The van der Waals surface area contributed by atoms with E-state index in [1.807, 2.05) is 66.4 Å². The first kappa shape index (κ1) is 20.6. The number of nitrogens with one attached hydrogen (secondary N) is 1. The maximum atomic E-state index is 13.1. The zero-order chi connectivity index (χ0) is 21.0. The first-order valence-corrected chi connectivity index (χ1v) is 9.76. The van der Waals surface area contributed by atoms with E-state index in [2.05, 4.69) is 11.9 Å². The molecular formula is C23H25N3O2S. The van der Waals surface area contributed by atoms with Gasteiger partial charge in [0.2, 0.25) is 0 Å². The van der Waals surface area contributed by atoms with Gasteiger partial charge >= 0.3 is 0 Å². The number of nitrogens with zero attached hydrogens (tertiary/aromatic N) is 2. The highest BCUT2D eigenvalue weighted by atomic mass is 32.1. The van der Waals surface area contributed by atoms with Crippen molar-refractivity contribution in [3.05, 3.63) is 84.1 Å². The summed E-state index contributed by atoms with van der Waals surface area (Å²) < 4.78 is 5.67. The van der Waals surface area contributed by atoms with Crippen molar-refractivity contribution < 1.29 is 9.53 Å². The summed E-state index contributed by atoms with van der Waals surface area (Å²) in [5, 5.41) is 3.90. The van der Waals surface area contributed by atoms with Crippen molar-refractivity contribution in [2.75, 3.05) is 25.6 Å². The molecule has 1 aliphatic heterocycles. The highest BCUT2D eigenvalue weighted by Gasteiger charge is 2.35. The second kappa shape index (κ2) is 8.92. The fourth-order valence-corrected chi connectivity index (χ4v) is 3.70. The summed E-state index contributed by atoms with van der Waals surface area (Å²) in [4.78, 5) is 16.6. The van der Waals surface area contributed by atoms with E-state index in [1.165, 1.54) is 0 Å². The van der Waals surface area contributed by atoms with Crippen molar-refractivity contribution in [2.45, 2.75) is 13.0 Å². The van der Waals surface area contributed by atoms with Crippen LogP contribution < -0.4 is 15.0 Å². The molecule has 0 aliphatic carbocycles. The molecule has 0 fully saturated rings. The Morgan fingerprint density at radius 3 is 2.62 bits per heavy atom. The largest absolute Gasteiger partial charge is 0.490 e. The molecule has 150 valence electrons. The molecule has 5 nitrogen and oxygen atoms in total. The fraction of sp³-hybridized carbons (Fsp3) is 0.217. The van der Waals surface area contributed by atoms with E-state index in [0.717, 1.165) is 22.7 Å². The van der Waals surface area contributed by atoms with E-state index in [1.54, 1.807) is 25.1 Å². The van der Waals surface area contributed by atoms with Gasteiger partial charge in [-0.25, -0.2) is 0 Å². The molecule has 0 saturated heterocycles. The smallest absolute Gasteiger partial charge is 0.253 e. The number of hydrogen-bond donors (Lipinski definition) is 1. The summed E-state index contributed by atoms with van der Waals surface area (Å²) in [5.74, 6) is 0.649. The van der Waals surface area contributed by atoms with Crippen LogP contribution in [0.4, 0.5) is 5.69 Å². The minimum atomic E-state index is -0.371. The summed E-state index contributed by atoms with van der Waals surface area (Å²) >= 11 is 5.68. The van der Waals surface area contributed by atoms with E-state index in [0.29, 0.717) is 17.3 Å². The van der Waals surface area contributed by atoms with Crippen molar-refractivity contribution in [1.29, 1.82) is 0 Å². The molecule has 1 aliphatic rings. The molecule has 0 radical (unpaired) electrons. The van der Waals surface area contributed by atoms with Crippen LogP contribution in [0.2, 0.25) is 0 Å². The molecule has 1 heterocycles. The maximum Gasteiger partial charge on any atom is 0.253 e. The predicted octanol–water partition coefficient (Wildman–Crippen LogP) is 4.05. The van der Waals surface area contributed by atoms with Gasteiger partial charge in [0.05, 0.1) is 11.6 Å². The zero-order valence-corrected chi connectivity index (χ0v) is 17.7. The van der Waals surface area contributed by atoms with E-state index < -0.39 is 0 Å². The summed E-state index contributed by atoms with van der Waals surface area (Å²) in [6.07, 6.45) is 1.70. The highest BCUT2D eigenvalue weighted by molar-refractivity contribution is 7.80. The molecule has 6 heteroatoms. The number of para-hydroxylation sites is 1. The van der Waals surface area contributed by atoms with Crippen LogP contribution in [0.3, 0.4) is 0 Å². The van der Waals surface area contributed by atoms with Crippen LogP contribution in [0.5, 0.6) is 5.75 Å². The number of carbonyl (C=O) groups excluding carboxylic acids is 1. The molecule has 1 N–H and O–H groups in total. The van der Waals surface area contributed by atoms with Crippen LogP contribution in [0, 0.1) is 0 Å². The highest BCUT2D eigenvalue weighted by Crippen LogP contribution is 2.35. The SMILES string of the molecule is C=CCOc1cccc([C@@H]2NC(=S)N(c3ccccc3)C(C)=C2C(=O)N(C)C)c1. The molecule has 0 saturated carbocycles. The number of thiocarbonyl (C=S) groups is 1. The number of ether oxygens (including phenoxy) is 1. The standard InChI is InChI=1S/C23H25N3O2S/c1-5-14-28-19-13-9-10-17(15-19)21-20(22(27)25(3)4)16(2)26(23(29)24-21)18-11-7-6-8-12-18/h5-13,15,21H,1,14H2,2-4H3,(H,24,29)/t21-/m0/s1. The fourth-order valence-electron chi connectivity index (χ4n) is 3.34. The Kier molecular flexibility index (Phi) is 6.34. The lowest BCUT2D eigenvalue weighted by Crippen LogP contribution is -2.49. The number of benzene rings is 2. The lowest BCUT2D eigenvalue weighted by Gasteiger charge is -2.38. The second-order valence-corrected chi connectivity index (χ2v) is 7.31. The van der Waals surface area contributed by atoms with Crippen LogP contribution in [0.15, 0.2) is 78.5 Å². The summed E-state index contributed by atoms with van der Waals surface area (Å²) in [7, 11) is 3.51. The van der Waals surface area contributed by atoms with Gasteiger partial charge in [-0.1, -0.05) is 43.0 Å². The third-order valence-electron chi connectivity index (χ3n) is 4.70. The third kappa shape index (κ3) is 4.32. The average molecular weight is 408 g/mol. The monoisotopic (exact) mass is 407 g/mol. The Hall–Kier alpha value is -3.12.